The number of hydrogen-bond acceptors (Lipinski definition) is 2. The van der Waals surface area contributed by atoms with Crippen molar-refractivity contribution in [3.63, 3.8) is 0 Å². The summed E-state index contributed by atoms with van der Waals surface area (Å²) in [5.41, 5.74) is 0.715. The third kappa shape index (κ3) is 5.60. The molecule has 0 aliphatic heterocycles. The zero-order valence-electron chi connectivity index (χ0n) is 7.71. The van der Waals surface area contributed by atoms with E-state index < -0.39 is 0 Å². The topological polar surface area (TPSA) is 29.5 Å². The van der Waals surface area contributed by atoms with Crippen LogP contribution in [-0.2, 0) is 4.74 Å². The molecule has 0 amide bonds. The highest BCUT2D eigenvalue weighted by molar-refractivity contribution is 7.58. The Morgan fingerprint density at radius 1 is 1.36 bits per heavy atom. The second-order valence-corrected chi connectivity index (χ2v) is 5.95. The minimum absolute atomic E-state index is 0.000643. The number of ether oxygens (including phenoxy) is 1. The van der Waals surface area contributed by atoms with Crippen molar-refractivity contribution in [3.8, 4) is 0 Å². The van der Waals surface area contributed by atoms with E-state index in [1.807, 2.05) is 0 Å². The van der Waals surface area contributed by atoms with Gasteiger partial charge in [0.05, 0.1) is 6.61 Å². The normalized spacial score (nSPS) is 13.9. The Morgan fingerprint density at radius 2 is 2.00 bits per heavy atom. The Morgan fingerprint density at radius 3 is 2.36 bits per heavy atom. The van der Waals surface area contributed by atoms with Gasteiger partial charge in [-0.3, -0.25) is 0 Å². The number of rotatable bonds is 6. The molecule has 0 aliphatic rings. The largest absolute Gasteiger partial charge is 0.396 e. The number of aliphatic hydroxyl groups excluding tert-OH is 1. The van der Waals surface area contributed by atoms with Gasteiger partial charge in [0.15, 0.2) is 0 Å². The van der Waals surface area contributed by atoms with Crippen molar-refractivity contribution in [2.45, 2.75) is 19.5 Å². The summed E-state index contributed by atoms with van der Waals surface area (Å²) >= 11 is 0. The van der Waals surface area contributed by atoms with Crippen molar-refractivity contribution < 1.29 is 9.84 Å². The molecule has 0 saturated carbocycles. The highest BCUT2D eigenvalue weighted by Crippen LogP contribution is 2.39. The summed E-state index contributed by atoms with van der Waals surface area (Å²) < 4.78 is 5.00. The van der Waals surface area contributed by atoms with Gasteiger partial charge in [0.25, 0.3) is 0 Å². The van der Waals surface area contributed by atoms with Gasteiger partial charge in [-0.1, -0.05) is 21.8 Å². The van der Waals surface area contributed by atoms with E-state index in [-0.39, 0.29) is 7.92 Å². The molecule has 0 aromatic rings. The molecule has 0 fully saturated rings. The molecule has 0 aliphatic carbocycles. The van der Waals surface area contributed by atoms with Gasteiger partial charge >= 0.3 is 0 Å². The summed E-state index contributed by atoms with van der Waals surface area (Å²) in [6.07, 6.45) is 2.10. The summed E-state index contributed by atoms with van der Waals surface area (Å²) in [6.45, 7) is 5.60. The zero-order valence-corrected chi connectivity index (χ0v) is 8.60. The van der Waals surface area contributed by atoms with Gasteiger partial charge in [-0.05, 0) is 18.0 Å². The number of hydrogen-bond donors (Lipinski definition) is 1. The molecule has 0 saturated heterocycles. The van der Waals surface area contributed by atoms with Gasteiger partial charge in [-0.2, -0.15) is 0 Å². The van der Waals surface area contributed by atoms with Gasteiger partial charge in [0.1, 0.15) is 0 Å². The van der Waals surface area contributed by atoms with Gasteiger partial charge in [0, 0.05) is 13.7 Å². The SMILES string of the molecule is COCCP(CCO)C(C)C. The molecule has 1 atom stereocenters. The van der Waals surface area contributed by atoms with Crippen LogP contribution >= 0.6 is 7.92 Å². The van der Waals surface area contributed by atoms with E-state index in [0.29, 0.717) is 12.3 Å². The number of aliphatic hydroxyl groups is 1. The number of methoxy groups -OCH3 is 1. The average molecular weight is 178 g/mol. The first-order valence-electron chi connectivity index (χ1n) is 4.06. The van der Waals surface area contributed by atoms with Gasteiger partial charge < -0.3 is 9.84 Å². The lowest BCUT2D eigenvalue weighted by Crippen LogP contribution is -2.07. The van der Waals surface area contributed by atoms with Crippen LogP contribution in [0.5, 0.6) is 0 Å². The van der Waals surface area contributed by atoms with Crippen LogP contribution in [-0.4, -0.2) is 43.4 Å². The highest BCUT2D eigenvalue weighted by atomic mass is 31.1. The van der Waals surface area contributed by atoms with E-state index in [1.54, 1.807) is 7.11 Å². The van der Waals surface area contributed by atoms with Crippen molar-refractivity contribution in [1.29, 1.82) is 0 Å². The Balaban J connectivity index is 3.51. The van der Waals surface area contributed by atoms with Crippen LogP contribution < -0.4 is 0 Å². The molecular formula is C8H19O2P. The van der Waals surface area contributed by atoms with E-state index >= 15 is 0 Å². The second kappa shape index (κ2) is 7.02. The second-order valence-electron chi connectivity index (χ2n) is 2.85. The summed E-state index contributed by atoms with van der Waals surface area (Å²) in [6, 6.07) is 0. The average Bonchev–Trinajstić information content (AvgIpc) is 1.97. The Bertz CT molecular complexity index is 86.2. The molecule has 68 valence electrons. The van der Waals surface area contributed by atoms with Crippen molar-refractivity contribution >= 4 is 7.92 Å². The molecule has 0 rings (SSSR count). The first-order chi connectivity index (χ1) is 5.22. The Kier molecular flexibility index (Phi) is 7.25. The minimum atomic E-state index is -0.000643. The van der Waals surface area contributed by atoms with E-state index in [1.165, 1.54) is 0 Å². The van der Waals surface area contributed by atoms with Crippen LogP contribution in [0.25, 0.3) is 0 Å². The molecule has 1 N–H and O–H groups in total. The summed E-state index contributed by atoms with van der Waals surface area (Å²) in [5.74, 6) is 0. The van der Waals surface area contributed by atoms with Crippen molar-refractivity contribution in [2.75, 3.05) is 32.6 Å². The maximum Gasteiger partial charge on any atom is 0.0501 e. The first kappa shape index (κ1) is 11.4. The van der Waals surface area contributed by atoms with Crippen LogP contribution in [0.3, 0.4) is 0 Å². The third-order valence-electron chi connectivity index (χ3n) is 1.70. The molecular weight excluding hydrogens is 159 g/mol. The van der Waals surface area contributed by atoms with Crippen LogP contribution in [0.1, 0.15) is 13.8 Å². The lowest BCUT2D eigenvalue weighted by Gasteiger charge is -2.19. The molecule has 2 nitrogen and oxygen atoms in total. The van der Waals surface area contributed by atoms with E-state index in [9.17, 15) is 0 Å². The molecule has 0 aromatic heterocycles. The van der Waals surface area contributed by atoms with Gasteiger partial charge in [-0.25, -0.2) is 0 Å². The molecule has 0 heterocycles. The summed E-state index contributed by atoms with van der Waals surface area (Å²) in [5, 5.41) is 8.76. The van der Waals surface area contributed by atoms with Crippen molar-refractivity contribution in [2.24, 2.45) is 0 Å². The quantitative estimate of drug-likeness (QED) is 0.625. The van der Waals surface area contributed by atoms with E-state index in [2.05, 4.69) is 13.8 Å². The van der Waals surface area contributed by atoms with Crippen LogP contribution in [0, 0.1) is 0 Å². The maximum absolute atomic E-state index is 8.76. The van der Waals surface area contributed by atoms with Gasteiger partial charge in [0.2, 0.25) is 0 Å². The maximum atomic E-state index is 8.76. The minimum Gasteiger partial charge on any atom is -0.396 e. The lowest BCUT2D eigenvalue weighted by molar-refractivity contribution is 0.217. The highest BCUT2D eigenvalue weighted by Gasteiger charge is 2.10. The van der Waals surface area contributed by atoms with Crippen molar-refractivity contribution in [3.05, 3.63) is 0 Å². The smallest absolute Gasteiger partial charge is 0.0501 e. The molecule has 0 aromatic carbocycles. The van der Waals surface area contributed by atoms with Gasteiger partial charge in [-0.15, -0.1) is 0 Å². The molecule has 0 bridgehead atoms. The predicted molar refractivity (Wildman–Crippen MR) is 50.8 cm³/mol. The third-order valence-corrected chi connectivity index (χ3v) is 4.69. The molecule has 0 spiro atoms. The fourth-order valence-corrected chi connectivity index (χ4v) is 2.90. The fraction of sp³-hybridized carbons (Fsp3) is 1.00. The fourth-order valence-electron chi connectivity index (χ4n) is 0.965. The van der Waals surface area contributed by atoms with Crippen LogP contribution in [0.4, 0.5) is 0 Å². The molecule has 0 radical (unpaired) electrons. The van der Waals surface area contributed by atoms with Crippen LogP contribution in [0.15, 0.2) is 0 Å². The van der Waals surface area contributed by atoms with E-state index in [4.69, 9.17) is 9.84 Å². The predicted octanol–water partition coefficient (Wildman–Crippen LogP) is 1.52. The monoisotopic (exact) mass is 178 g/mol. The van der Waals surface area contributed by atoms with Crippen molar-refractivity contribution in [1.82, 2.24) is 0 Å². The zero-order chi connectivity index (χ0) is 8.69. The Labute approximate surface area is 70.7 Å². The Hall–Kier alpha value is 0.350. The van der Waals surface area contributed by atoms with Crippen LogP contribution in [0.2, 0.25) is 0 Å². The summed E-state index contributed by atoms with van der Waals surface area (Å²) in [7, 11) is 1.73. The first-order valence-corrected chi connectivity index (χ1v) is 5.84. The molecule has 1 unspecified atom stereocenters. The standard InChI is InChI=1S/C8H19O2P/c1-8(2)11(6-4-9)7-5-10-3/h8-9H,4-7H2,1-3H3. The molecule has 3 heteroatoms. The lowest BCUT2D eigenvalue weighted by atomic mass is 10.6. The summed E-state index contributed by atoms with van der Waals surface area (Å²) in [4.78, 5) is 0. The van der Waals surface area contributed by atoms with E-state index in [0.717, 1.165) is 18.9 Å². The molecule has 11 heavy (non-hydrogen) atoms.